The number of nitrogens with zero attached hydrogens (tertiary/aromatic N) is 1. The summed E-state index contributed by atoms with van der Waals surface area (Å²) in [5.74, 6) is 0. The molecule has 2 aliphatic rings. The van der Waals surface area contributed by atoms with Gasteiger partial charge in [0.25, 0.3) is 0 Å². The second-order valence-corrected chi connectivity index (χ2v) is 12.6. The van der Waals surface area contributed by atoms with Gasteiger partial charge in [-0.05, 0) is 97.4 Å². The SMILES string of the molecule is CC1(C)c2ccccc2-c2cccc(N(c3ccc(-c4ccccc4)cc3)c3cccc4cc5c(cc34)-c3ccccc3-5)c21. The molecule has 0 N–H and O–H groups in total. The zero-order chi connectivity index (χ0) is 29.4. The Morgan fingerprint density at radius 3 is 1.80 bits per heavy atom. The lowest BCUT2D eigenvalue weighted by atomic mass is 9.79. The van der Waals surface area contributed by atoms with Crippen LogP contribution in [0.2, 0.25) is 0 Å². The van der Waals surface area contributed by atoms with Crippen molar-refractivity contribution in [1.29, 1.82) is 0 Å². The minimum atomic E-state index is -0.141. The second-order valence-electron chi connectivity index (χ2n) is 12.6. The summed E-state index contributed by atoms with van der Waals surface area (Å²) in [6.07, 6.45) is 0. The molecule has 7 aromatic carbocycles. The highest BCUT2D eigenvalue weighted by Crippen LogP contribution is 2.55. The van der Waals surface area contributed by atoms with Gasteiger partial charge in [0, 0.05) is 16.5 Å². The van der Waals surface area contributed by atoms with Gasteiger partial charge < -0.3 is 4.90 Å². The van der Waals surface area contributed by atoms with Crippen LogP contribution in [0, 0.1) is 0 Å². The van der Waals surface area contributed by atoms with E-state index in [-0.39, 0.29) is 5.41 Å². The first-order valence-electron chi connectivity index (χ1n) is 15.5. The van der Waals surface area contributed by atoms with Crippen molar-refractivity contribution in [2.75, 3.05) is 4.90 Å². The Kier molecular flexibility index (Phi) is 5.31. The molecule has 208 valence electrons. The smallest absolute Gasteiger partial charge is 0.0540 e. The first-order valence-corrected chi connectivity index (χ1v) is 15.5. The van der Waals surface area contributed by atoms with Crippen LogP contribution in [0.1, 0.15) is 25.0 Å². The zero-order valence-electron chi connectivity index (χ0n) is 24.9. The molecule has 7 aromatic rings. The van der Waals surface area contributed by atoms with E-state index in [2.05, 4.69) is 170 Å². The summed E-state index contributed by atoms with van der Waals surface area (Å²) < 4.78 is 0. The molecule has 0 saturated heterocycles. The topological polar surface area (TPSA) is 3.24 Å². The molecule has 0 spiro atoms. The highest BCUT2D eigenvalue weighted by Gasteiger charge is 2.39. The molecular formula is C43H31N. The highest BCUT2D eigenvalue weighted by molar-refractivity contribution is 6.11. The number of rotatable bonds is 4. The van der Waals surface area contributed by atoms with Crippen LogP contribution < -0.4 is 4.90 Å². The molecule has 2 aliphatic carbocycles. The van der Waals surface area contributed by atoms with Gasteiger partial charge in [-0.2, -0.15) is 0 Å². The minimum absolute atomic E-state index is 0.141. The number of hydrogen-bond acceptors (Lipinski definition) is 1. The lowest BCUT2D eigenvalue weighted by molar-refractivity contribution is 0.661. The van der Waals surface area contributed by atoms with Crippen molar-refractivity contribution in [3.8, 4) is 44.5 Å². The van der Waals surface area contributed by atoms with Gasteiger partial charge in [0.15, 0.2) is 0 Å². The lowest BCUT2D eigenvalue weighted by Crippen LogP contribution is -2.20. The average molecular weight is 562 g/mol. The summed E-state index contributed by atoms with van der Waals surface area (Å²) in [4.78, 5) is 2.50. The van der Waals surface area contributed by atoms with Crippen LogP contribution in [0.15, 0.2) is 152 Å². The molecule has 1 nitrogen and oxygen atoms in total. The van der Waals surface area contributed by atoms with E-state index in [1.165, 1.54) is 77.8 Å². The molecule has 0 radical (unpaired) electrons. The fraction of sp³-hybridized carbons (Fsp3) is 0.0698. The van der Waals surface area contributed by atoms with Crippen LogP contribution in [0.25, 0.3) is 55.3 Å². The quantitative estimate of drug-likeness (QED) is 0.207. The summed E-state index contributed by atoms with van der Waals surface area (Å²) in [5.41, 5.74) is 16.7. The van der Waals surface area contributed by atoms with Gasteiger partial charge in [-0.1, -0.05) is 129 Å². The summed E-state index contributed by atoms with van der Waals surface area (Å²) >= 11 is 0. The van der Waals surface area contributed by atoms with E-state index in [1.807, 2.05) is 0 Å². The average Bonchev–Trinajstić information content (AvgIpc) is 3.31. The normalized spacial score (nSPS) is 13.4. The third-order valence-corrected chi connectivity index (χ3v) is 9.78. The van der Waals surface area contributed by atoms with Gasteiger partial charge in [-0.15, -0.1) is 0 Å². The largest absolute Gasteiger partial charge is 0.310 e. The Hall–Kier alpha value is -5.40. The van der Waals surface area contributed by atoms with E-state index in [4.69, 9.17) is 0 Å². The molecule has 1 heteroatoms. The molecule has 9 rings (SSSR count). The second kappa shape index (κ2) is 9.30. The highest BCUT2D eigenvalue weighted by atomic mass is 15.1. The molecule has 0 heterocycles. The first-order chi connectivity index (χ1) is 21.6. The van der Waals surface area contributed by atoms with Crippen molar-refractivity contribution < 1.29 is 0 Å². The summed E-state index contributed by atoms with van der Waals surface area (Å²) in [6.45, 7) is 4.75. The van der Waals surface area contributed by atoms with E-state index in [9.17, 15) is 0 Å². The Bertz CT molecular complexity index is 2240. The maximum absolute atomic E-state index is 2.50. The number of anilines is 3. The van der Waals surface area contributed by atoms with Crippen LogP contribution in [-0.2, 0) is 5.41 Å². The molecule has 0 atom stereocenters. The van der Waals surface area contributed by atoms with Crippen molar-refractivity contribution in [3.63, 3.8) is 0 Å². The van der Waals surface area contributed by atoms with Crippen LogP contribution in [0.3, 0.4) is 0 Å². The summed E-state index contributed by atoms with van der Waals surface area (Å²) in [5, 5.41) is 2.52. The van der Waals surface area contributed by atoms with Gasteiger partial charge in [0.05, 0.1) is 11.4 Å². The van der Waals surface area contributed by atoms with Crippen molar-refractivity contribution in [2.24, 2.45) is 0 Å². The molecule has 0 fully saturated rings. The van der Waals surface area contributed by atoms with Gasteiger partial charge >= 0.3 is 0 Å². The Morgan fingerprint density at radius 1 is 0.432 bits per heavy atom. The molecule has 0 unspecified atom stereocenters. The van der Waals surface area contributed by atoms with Crippen LogP contribution >= 0.6 is 0 Å². The third-order valence-electron chi connectivity index (χ3n) is 9.78. The van der Waals surface area contributed by atoms with Gasteiger partial charge in [0.1, 0.15) is 0 Å². The standard InChI is InChI=1S/C43H31N/c1-43(2)39-19-9-8-17-34(39)35-18-11-21-41(42(35)43)44(31-24-22-29(23-25-31)28-12-4-3-5-13-28)40-20-10-14-30-26-37-32-15-6-7-16-33(32)38(37)27-36(30)40/h3-27H,1-2H3. The fourth-order valence-electron chi connectivity index (χ4n) is 7.69. The van der Waals surface area contributed by atoms with Crippen molar-refractivity contribution >= 4 is 27.8 Å². The van der Waals surface area contributed by atoms with Crippen LogP contribution in [0.5, 0.6) is 0 Å². The van der Waals surface area contributed by atoms with E-state index >= 15 is 0 Å². The molecule has 44 heavy (non-hydrogen) atoms. The molecule has 0 aromatic heterocycles. The zero-order valence-corrected chi connectivity index (χ0v) is 24.9. The molecule has 0 amide bonds. The lowest BCUT2D eigenvalue weighted by Gasteiger charge is -2.33. The van der Waals surface area contributed by atoms with Crippen LogP contribution in [0.4, 0.5) is 17.1 Å². The number of benzene rings is 7. The van der Waals surface area contributed by atoms with Gasteiger partial charge in [-0.3, -0.25) is 0 Å². The third kappa shape index (κ3) is 3.53. The maximum atomic E-state index is 2.50. The monoisotopic (exact) mass is 561 g/mol. The van der Waals surface area contributed by atoms with E-state index in [0.717, 1.165) is 5.69 Å². The molecule has 0 bridgehead atoms. The Balaban J connectivity index is 1.29. The Labute approximate surface area is 258 Å². The van der Waals surface area contributed by atoms with Gasteiger partial charge in [0.2, 0.25) is 0 Å². The maximum Gasteiger partial charge on any atom is 0.0540 e. The van der Waals surface area contributed by atoms with E-state index < -0.39 is 0 Å². The van der Waals surface area contributed by atoms with E-state index in [1.54, 1.807) is 0 Å². The summed E-state index contributed by atoms with van der Waals surface area (Å²) in [6, 6.07) is 55.8. The van der Waals surface area contributed by atoms with E-state index in [0.29, 0.717) is 0 Å². The fourth-order valence-corrected chi connectivity index (χ4v) is 7.69. The Morgan fingerprint density at radius 2 is 1.02 bits per heavy atom. The van der Waals surface area contributed by atoms with Crippen LogP contribution in [-0.4, -0.2) is 0 Å². The molecule has 0 saturated carbocycles. The number of hydrogen-bond donors (Lipinski definition) is 0. The van der Waals surface area contributed by atoms with Crippen molar-refractivity contribution in [3.05, 3.63) is 163 Å². The molecule has 0 aliphatic heterocycles. The minimum Gasteiger partial charge on any atom is -0.310 e. The van der Waals surface area contributed by atoms with Crippen molar-refractivity contribution in [2.45, 2.75) is 19.3 Å². The predicted molar refractivity (Wildman–Crippen MR) is 186 cm³/mol. The summed E-state index contributed by atoms with van der Waals surface area (Å²) in [7, 11) is 0. The van der Waals surface area contributed by atoms with Gasteiger partial charge in [-0.25, -0.2) is 0 Å². The number of fused-ring (bicyclic) bond motifs is 8. The molecular weight excluding hydrogens is 530 g/mol. The van der Waals surface area contributed by atoms with Crippen molar-refractivity contribution in [1.82, 2.24) is 0 Å². The predicted octanol–water partition coefficient (Wildman–Crippen LogP) is 11.9. The first kappa shape index (κ1) is 25.1.